The maximum Gasteiger partial charge on any atom is 0.262 e. The van der Waals surface area contributed by atoms with Gasteiger partial charge in [-0.3, -0.25) is 9.36 Å². The van der Waals surface area contributed by atoms with Gasteiger partial charge in [0.25, 0.3) is 5.56 Å². The molecule has 0 amide bonds. The van der Waals surface area contributed by atoms with Crippen LogP contribution in [0.2, 0.25) is 0 Å². The lowest BCUT2D eigenvalue weighted by atomic mass is 9.97. The molecule has 3 aromatic heterocycles. The van der Waals surface area contributed by atoms with E-state index in [0.717, 1.165) is 40.7 Å². The van der Waals surface area contributed by atoms with Crippen LogP contribution in [-0.4, -0.2) is 14.7 Å². The van der Waals surface area contributed by atoms with Crippen LogP contribution >= 0.6 is 11.3 Å². The lowest BCUT2D eigenvalue weighted by Gasteiger charge is -2.10. The zero-order valence-corrected chi connectivity index (χ0v) is 15.0. The molecule has 1 aliphatic rings. The molecule has 130 valence electrons. The quantitative estimate of drug-likeness (QED) is 0.551. The van der Waals surface area contributed by atoms with Crippen LogP contribution in [0.3, 0.4) is 0 Å². The summed E-state index contributed by atoms with van der Waals surface area (Å²) in [6.07, 6.45) is 6.04. The zero-order chi connectivity index (χ0) is 17.5. The number of thiophene rings is 1. The first-order valence-electron chi connectivity index (χ1n) is 8.80. The molecule has 0 unspecified atom stereocenters. The highest BCUT2D eigenvalue weighted by Gasteiger charge is 2.20. The smallest absolute Gasteiger partial charge is 0.262 e. The Hall–Kier alpha value is -2.73. The van der Waals surface area contributed by atoms with Gasteiger partial charge in [0.15, 0.2) is 5.76 Å². The second-order valence-electron chi connectivity index (χ2n) is 6.62. The van der Waals surface area contributed by atoms with Crippen LogP contribution in [0.1, 0.15) is 29.0 Å². The summed E-state index contributed by atoms with van der Waals surface area (Å²) in [4.78, 5) is 19.7. The Kier molecular flexibility index (Phi) is 3.71. The molecule has 5 rings (SSSR count). The van der Waals surface area contributed by atoms with Gasteiger partial charge in [-0.25, -0.2) is 4.98 Å². The summed E-state index contributed by atoms with van der Waals surface area (Å²) in [5, 5.41) is 4.93. The van der Waals surface area contributed by atoms with E-state index < -0.39 is 0 Å². The summed E-state index contributed by atoms with van der Waals surface area (Å²) in [5.41, 5.74) is 2.93. The van der Waals surface area contributed by atoms with Crippen molar-refractivity contribution >= 4 is 21.6 Å². The Balaban J connectivity index is 1.51. The first kappa shape index (κ1) is 15.5. The van der Waals surface area contributed by atoms with E-state index >= 15 is 0 Å². The van der Waals surface area contributed by atoms with Crippen LogP contribution in [0, 0.1) is 0 Å². The molecule has 0 radical (unpaired) electrons. The van der Waals surface area contributed by atoms with Crippen molar-refractivity contribution in [2.75, 3.05) is 0 Å². The molecule has 0 bridgehead atoms. The minimum absolute atomic E-state index is 0.0265. The Morgan fingerprint density at radius 1 is 1.15 bits per heavy atom. The molecule has 3 heterocycles. The van der Waals surface area contributed by atoms with E-state index in [0.29, 0.717) is 12.3 Å². The molecule has 4 aromatic rings. The molecule has 26 heavy (non-hydrogen) atoms. The van der Waals surface area contributed by atoms with Crippen LogP contribution in [0.5, 0.6) is 0 Å². The van der Waals surface area contributed by atoms with Crippen LogP contribution in [0.25, 0.3) is 21.5 Å². The molecular weight excluding hydrogens is 346 g/mol. The third kappa shape index (κ3) is 2.57. The lowest BCUT2D eigenvalue weighted by molar-refractivity contribution is 0.420. The summed E-state index contributed by atoms with van der Waals surface area (Å²) >= 11 is 1.67. The molecule has 5 nitrogen and oxygen atoms in total. The van der Waals surface area contributed by atoms with Crippen LogP contribution < -0.4 is 5.56 Å². The van der Waals surface area contributed by atoms with E-state index in [9.17, 15) is 4.79 Å². The van der Waals surface area contributed by atoms with Gasteiger partial charge >= 0.3 is 0 Å². The normalized spacial score (nSPS) is 13.8. The van der Waals surface area contributed by atoms with Gasteiger partial charge in [-0.05, 0) is 31.2 Å². The monoisotopic (exact) mass is 363 g/mol. The fourth-order valence-corrected chi connectivity index (χ4v) is 4.81. The predicted molar refractivity (Wildman–Crippen MR) is 102 cm³/mol. The summed E-state index contributed by atoms with van der Waals surface area (Å²) < 4.78 is 7.08. The molecule has 0 saturated heterocycles. The molecule has 0 saturated carbocycles. The third-order valence-electron chi connectivity index (χ3n) is 4.89. The topological polar surface area (TPSA) is 60.9 Å². The molecule has 0 fully saturated rings. The number of hydrogen-bond acceptors (Lipinski definition) is 5. The van der Waals surface area contributed by atoms with Crippen molar-refractivity contribution in [1.29, 1.82) is 0 Å². The number of benzene rings is 1. The van der Waals surface area contributed by atoms with Gasteiger partial charge in [-0.15, -0.1) is 11.3 Å². The minimum atomic E-state index is 0.0265. The Morgan fingerprint density at radius 2 is 2.00 bits per heavy atom. The Labute approximate surface area is 153 Å². The molecule has 1 aromatic carbocycles. The van der Waals surface area contributed by atoms with Crippen LogP contribution in [0.4, 0.5) is 0 Å². The van der Waals surface area contributed by atoms with E-state index in [2.05, 4.69) is 10.1 Å². The fraction of sp³-hybridized carbons (Fsp3) is 0.250. The SMILES string of the molecule is O=c1c2c3c(sc2ncn1Cc1cc(-c2ccccc2)on1)CCCC3. The second kappa shape index (κ2) is 6.21. The molecule has 6 heteroatoms. The molecule has 0 atom stereocenters. The standard InChI is InChI=1S/C20H17N3O2S/c24-20-18-15-8-4-5-9-17(15)26-19(18)21-12-23(20)11-14-10-16(25-22-14)13-6-2-1-3-7-13/h1-3,6-7,10,12H,4-5,8-9,11H2. The number of hydrogen-bond donors (Lipinski definition) is 0. The van der Waals surface area contributed by atoms with Gasteiger partial charge in [-0.1, -0.05) is 35.5 Å². The van der Waals surface area contributed by atoms with Crippen molar-refractivity contribution in [3.05, 3.63) is 69.2 Å². The van der Waals surface area contributed by atoms with Crippen LogP contribution in [0.15, 0.2) is 52.0 Å². The van der Waals surface area contributed by atoms with Crippen molar-refractivity contribution < 1.29 is 4.52 Å². The molecular formula is C20H17N3O2S. The largest absolute Gasteiger partial charge is 0.356 e. The summed E-state index contributed by atoms with van der Waals surface area (Å²) in [6.45, 7) is 0.364. The number of aryl methyl sites for hydroxylation is 2. The maximum absolute atomic E-state index is 13.0. The van der Waals surface area contributed by atoms with Gasteiger partial charge in [-0.2, -0.15) is 0 Å². The lowest BCUT2D eigenvalue weighted by Crippen LogP contribution is -2.21. The third-order valence-corrected chi connectivity index (χ3v) is 6.09. The number of nitrogens with zero attached hydrogens (tertiary/aromatic N) is 3. The first-order chi connectivity index (χ1) is 12.8. The van der Waals surface area contributed by atoms with E-state index in [1.807, 2.05) is 36.4 Å². The number of rotatable bonds is 3. The maximum atomic E-state index is 13.0. The highest BCUT2D eigenvalue weighted by atomic mass is 32.1. The van der Waals surface area contributed by atoms with Crippen molar-refractivity contribution in [3.63, 3.8) is 0 Å². The van der Waals surface area contributed by atoms with Crippen molar-refractivity contribution in [2.24, 2.45) is 0 Å². The van der Waals surface area contributed by atoms with E-state index in [1.54, 1.807) is 22.2 Å². The van der Waals surface area contributed by atoms with Gasteiger partial charge in [0.1, 0.15) is 10.5 Å². The number of aromatic nitrogens is 3. The van der Waals surface area contributed by atoms with Crippen molar-refractivity contribution in [2.45, 2.75) is 32.2 Å². The van der Waals surface area contributed by atoms with Gasteiger partial charge in [0, 0.05) is 16.5 Å². The van der Waals surface area contributed by atoms with Gasteiger partial charge < -0.3 is 4.52 Å². The Morgan fingerprint density at radius 3 is 2.88 bits per heavy atom. The molecule has 1 aliphatic carbocycles. The molecule has 0 spiro atoms. The predicted octanol–water partition coefficient (Wildman–Crippen LogP) is 4.04. The van der Waals surface area contributed by atoms with Crippen molar-refractivity contribution in [1.82, 2.24) is 14.7 Å². The fourth-order valence-electron chi connectivity index (χ4n) is 3.59. The molecule has 0 N–H and O–H groups in total. The zero-order valence-electron chi connectivity index (χ0n) is 14.1. The summed E-state index contributed by atoms with van der Waals surface area (Å²) in [5.74, 6) is 0.704. The van der Waals surface area contributed by atoms with Gasteiger partial charge in [0.2, 0.25) is 0 Å². The average Bonchev–Trinajstić information content (AvgIpc) is 3.29. The highest BCUT2D eigenvalue weighted by Crippen LogP contribution is 2.33. The number of fused-ring (bicyclic) bond motifs is 3. The summed E-state index contributed by atoms with van der Waals surface area (Å²) in [7, 11) is 0. The Bertz CT molecular complexity index is 1140. The molecule has 0 aliphatic heterocycles. The van der Waals surface area contributed by atoms with E-state index in [-0.39, 0.29) is 5.56 Å². The average molecular weight is 363 g/mol. The highest BCUT2D eigenvalue weighted by molar-refractivity contribution is 7.18. The minimum Gasteiger partial charge on any atom is -0.356 e. The summed E-state index contributed by atoms with van der Waals surface area (Å²) in [6, 6.07) is 11.7. The van der Waals surface area contributed by atoms with Gasteiger partial charge in [0.05, 0.1) is 18.3 Å². The van der Waals surface area contributed by atoms with Crippen molar-refractivity contribution in [3.8, 4) is 11.3 Å². The van der Waals surface area contributed by atoms with Crippen LogP contribution in [-0.2, 0) is 19.4 Å². The first-order valence-corrected chi connectivity index (χ1v) is 9.62. The second-order valence-corrected chi connectivity index (χ2v) is 7.70. The van der Waals surface area contributed by atoms with E-state index in [1.165, 1.54) is 16.9 Å². The van der Waals surface area contributed by atoms with E-state index in [4.69, 9.17) is 4.52 Å².